The maximum atomic E-state index is 13.4. The summed E-state index contributed by atoms with van der Waals surface area (Å²) < 4.78 is 5.58. The minimum Gasteiger partial charge on any atom is -0.345 e. The van der Waals surface area contributed by atoms with Gasteiger partial charge in [0, 0.05) is 18.0 Å². The van der Waals surface area contributed by atoms with E-state index in [0.29, 0.717) is 28.1 Å². The number of amides is 1. The Balaban J connectivity index is 1.63. The molecule has 0 saturated heterocycles. The molecule has 0 fully saturated rings. The van der Waals surface area contributed by atoms with Crippen LogP contribution in [0.25, 0.3) is 32.9 Å². The lowest BCUT2D eigenvalue weighted by molar-refractivity contribution is 0.0941. The Labute approximate surface area is 182 Å². The number of benzene rings is 1. The van der Waals surface area contributed by atoms with Crippen LogP contribution in [0, 0.1) is 0 Å². The molecule has 1 N–H and O–H groups in total. The first-order valence-electron chi connectivity index (χ1n) is 9.81. The summed E-state index contributed by atoms with van der Waals surface area (Å²) >= 11 is 1.56. The first kappa shape index (κ1) is 19.1. The minimum absolute atomic E-state index is 0.191. The zero-order valence-corrected chi connectivity index (χ0v) is 17.5. The van der Waals surface area contributed by atoms with Crippen molar-refractivity contribution in [3.63, 3.8) is 0 Å². The lowest BCUT2D eigenvalue weighted by Crippen LogP contribution is -2.27. The highest BCUT2D eigenvalue weighted by molar-refractivity contribution is 7.13. The van der Waals surface area contributed by atoms with Gasteiger partial charge >= 0.3 is 0 Å². The van der Waals surface area contributed by atoms with Gasteiger partial charge in [-0.1, -0.05) is 41.6 Å². The van der Waals surface area contributed by atoms with E-state index in [4.69, 9.17) is 4.52 Å². The van der Waals surface area contributed by atoms with Crippen LogP contribution < -0.4 is 5.32 Å². The fourth-order valence-electron chi connectivity index (χ4n) is 3.48. The number of hydrogen-bond acceptors (Lipinski definition) is 6. The second-order valence-electron chi connectivity index (χ2n) is 7.09. The zero-order valence-electron chi connectivity index (χ0n) is 16.6. The largest absolute Gasteiger partial charge is 0.345 e. The minimum atomic E-state index is -0.213. The summed E-state index contributed by atoms with van der Waals surface area (Å²) in [6, 6.07) is 19.0. The van der Waals surface area contributed by atoms with Crippen LogP contribution >= 0.6 is 11.3 Å². The lowest BCUT2D eigenvalue weighted by Gasteiger charge is -2.15. The molecule has 31 heavy (non-hydrogen) atoms. The molecule has 0 bridgehead atoms. The van der Waals surface area contributed by atoms with Crippen LogP contribution in [-0.4, -0.2) is 21.0 Å². The van der Waals surface area contributed by atoms with Crippen molar-refractivity contribution in [3.05, 3.63) is 89.6 Å². The quantitative estimate of drug-likeness (QED) is 0.401. The Morgan fingerprint density at radius 3 is 2.61 bits per heavy atom. The molecule has 6 nitrogen and oxygen atoms in total. The van der Waals surface area contributed by atoms with Gasteiger partial charge in [0.05, 0.1) is 27.6 Å². The van der Waals surface area contributed by atoms with Crippen molar-refractivity contribution in [2.75, 3.05) is 0 Å². The summed E-state index contributed by atoms with van der Waals surface area (Å²) in [5.74, 6) is -0.213. The number of aromatic nitrogens is 3. The van der Waals surface area contributed by atoms with Gasteiger partial charge in [0.1, 0.15) is 5.69 Å². The average molecular weight is 427 g/mol. The monoisotopic (exact) mass is 426 g/mol. The number of pyridine rings is 2. The van der Waals surface area contributed by atoms with Gasteiger partial charge in [0.25, 0.3) is 11.6 Å². The molecule has 0 aliphatic rings. The number of hydrogen-bond donors (Lipinski definition) is 1. The van der Waals surface area contributed by atoms with E-state index in [1.165, 1.54) is 0 Å². The van der Waals surface area contributed by atoms with E-state index < -0.39 is 0 Å². The van der Waals surface area contributed by atoms with Gasteiger partial charge in [-0.15, -0.1) is 11.3 Å². The van der Waals surface area contributed by atoms with E-state index in [-0.39, 0.29) is 11.9 Å². The molecule has 152 valence electrons. The Hall–Kier alpha value is -3.84. The SMILES string of the molecule is CC(NC(=O)c1cc(-c2cccs2)nc2onc(-c3ccccc3)c12)c1ccncc1. The number of nitrogens with zero attached hydrogens (tertiary/aromatic N) is 3. The standard InChI is InChI=1S/C24H18N4O2S/c1-15(16-9-11-25-12-10-16)26-23(29)18-14-19(20-8-5-13-31-20)27-24-21(18)22(28-30-24)17-6-3-2-4-7-17/h2-15H,1H3,(H,26,29). The normalized spacial score (nSPS) is 12.0. The van der Waals surface area contributed by atoms with E-state index in [9.17, 15) is 4.79 Å². The fraction of sp³-hybridized carbons (Fsp3) is 0.0833. The van der Waals surface area contributed by atoms with Gasteiger partial charge < -0.3 is 9.84 Å². The van der Waals surface area contributed by atoms with Crippen molar-refractivity contribution < 1.29 is 9.32 Å². The molecule has 1 amide bonds. The highest BCUT2D eigenvalue weighted by Gasteiger charge is 2.23. The second kappa shape index (κ2) is 8.12. The molecule has 1 aromatic carbocycles. The molecule has 7 heteroatoms. The summed E-state index contributed by atoms with van der Waals surface area (Å²) in [6.07, 6.45) is 3.43. The fourth-order valence-corrected chi connectivity index (χ4v) is 4.17. The van der Waals surface area contributed by atoms with Crippen LogP contribution in [0.1, 0.15) is 28.9 Å². The van der Waals surface area contributed by atoms with Crippen molar-refractivity contribution in [3.8, 4) is 21.8 Å². The zero-order chi connectivity index (χ0) is 21.2. The number of carbonyl (C=O) groups is 1. The predicted octanol–water partition coefficient (Wildman–Crippen LogP) is 5.50. The van der Waals surface area contributed by atoms with Crippen LogP contribution in [0.2, 0.25) is 0 Å². The van der Waals surface area contributed by atoms with Crippen LogP contribution in [0.3, 0.4) is 0 Å². The van der Waals surface area contributed by atoms with Crippen molar-refractivity contribution in [2.24, 2.45) is 0 Å². The molecule has 0 aliphatic heterocycles. The Bertz CT molecular complexity index is 1330. The summed E-state index contributed by atoms with van der Waals surface area (Å²) in [5, 5.41) is 9.91. The van der Waals surface area contributed by atoms with E-state index in [1.807, 2.05) is 73.0 Å². The summed E-state index contributed by atoms with van der Waals surface area (Å²) in [4.78, 5) is 23.1. The molecule has 1 atom stereocenters. The maximum Gasteiger partial charge on any atom is 0.259 e. The van der Waals surface area contributed by atoms with Gasteiger partial charge in [-0.25, -0.2) is 4.98 Å². The topological polar surface area (TPSA) is 80.9 Å². The van der Waals surface area contributed by atoms with Crippen LogP contribution in [0.15, 0.2) is 83.0 Å². The van der Waals surface area contributed by atoms with Crippen LogP contribution in [0.5, 0.6) is 0 Å². The van der Waals surface area contributed by atoms with E-state index in [0.717, 1.165) is 16.0 Å². The number of thiophene rings is 1. The Kier molecular flexibility index (Phi) is 5.01. The van der Waals surface area contributed by atoms with E-state index in [1.54, 1.807) is 23.7 Å². The third kappa shape index (κ3) is 3.71. The molecular formula is C24H18N4O2S. The van der Waals surface area contributed by atoms with Crippen molar-refractivity contribution in [1.82, 2.24) is 20.4 Å². The molecule has 0 aliphatic carbocycles. The Morgan fingerprint density at radius 1 is 1.06 bits per heavy atom. The third-order valence-electron chi connectivity index (χ3n) is 5.07. The average Bonchev–Trinajstić information content (AvgIpc) is 3.50. The van der Waals surface area contributed by atoms with Crippen LogP contribution in [-0.2, 0) is 0 Å². The van der Waals surface area contributed by atoms with Gasteiger partial charge in [-0.2, -0.15) is 0 Å². The molecule has 5 aromatic rings. The van der Waals surface area contributed by atoms with Gasteiger partial charge in [-0.05, 0) is 42.1 Å². The van der Waals surface area contributed by atoms with Gasteiger partial charge in [0.15, 0.2) is 0 Å². The van der Waals surface area contributed by atoms with Crippen LogP contribution in [0.4, 0.5) is 0 Å². The number of nitrogens with one attached hydrogen (secondary N) is 1. The van der Waals surface area contributed by atoms with E-state index in [2.05, 4.69) is 20.4 Å². The number of fused-ring (bicyclic) bond motifs is 1. The van der Waals surface area contributed by atoms with Crippen molar-refractivity contribution >= 4 is 28.3 Å². The molecule has 0 radical (unpaired) electrons. The van der Waals surface area contributed by atoms with E-state index >= 15 is 0 Å². The molecule has 0 saturated carbocycles. The summed E-state index contributed by atoms with van der Waals surface area (Å²) in [5.41, 5.74) is 3.94. The number of carbonyl (C=O) groups excluding carboxylic acids is 1. The third-order valence-corrected chi connectivity index (χ3v) is 5.96. The summed E-state index contributed by atoms with van der Waals surface area (Å²) in [6.45, 7) is 1.94. The number of rotatable bonds is 5. The second-order valence-corrected chi connectivity index (χ2v) is 8.03. The highest BCUT2D eigenvalue weighted by Crippen LogP contribution is 2.34. The first-order valence-corrected chi connectivity index (χ1v) is 10.7. The molecular weight excluding hydrogens is 408 g/mol. The summed E-state index contributed by atoms with van der Waals surface area (Å²) in [7, 11) is 0. The Morgan fingerprint density at radius 2 is 1.87 bits per heavy atom. The molecule has 4 heterocycles. The van der Waals surface area contributed by atoms with Gasteiger partial charge in [-0.3, -0.25) is 9.78 Å². The molecule has 1 unspecified atom stereocenters. The molecule has 5 rings (SSSR count). The first-order chi connectivity index (χ1) is 15.2. The molecule has 4 aromatic heterocycles. The maximum absolute atomic E-state index is 13.4. The van der Waals surface area contributed by atoms with Crippen molar-refractivity contribution in [1.29, 1.82) is 0 Å². The van der Waals surface area contributed by atoms with Crippen molar-refractivity contribution in [2.45, 2.75) is 13.0 Å². The smallest absolute Gasteiger partial charge is 0.259 e. The predicted molar refractivity (Wildman–Crippen MR) is 121 cm³/mol. The van der Waals surface area contributed by atoms with Gasteiger partial charge in [0.2, 0.25) is 0 Å². The lowest BCUT2D eigenvalue weighted by atomic mass is 10.0. The molecule has 0 spiro atoms. The highest BCUT2D eigenvalue weighted by atomic mass is 32.1.